The molecule has 0 bridgehead atoms. The number of ether oxygens (including phenoxy) is 1. The van der Waals surface area contributed by atoms with Crippen LogP contribution >= 0.6 is 0 Å². The summed E-state index contributed by atoms with van der Waals surface area (Å²) in [7, 11) is 0. The van der Waals surface area contributed by atoms with E-state index < -0.39 is 17.5 Å². The van der Waals surface area contributed by atoms with E-state index in [1.165, 1.54) is 11.1 Å². The van der Waals surface area contributed by atoms with Crippen molar-refractivity contribution in [2.24, 2.45) is 11.3 Å². The maximum absolute atomic E-state index is 12.4. The highest BCUT2D eigenvalue weighted by molar-refractivity contribution is 5.81. The van der Waals surface area contributed by atoms with E-state index in [2.05, 4.69) is 34.9 Å². The summed E-state index contributed by atoms with van der Waals surface area (Å²) in [5.74, 6) is -1.10. The fourth-order valence-corrected chi connectivity index (χ4v) is 4.46. The molecule has 174 valence electrons. The van der Waals surface area contributed by atoms with E-state index in [0.717, 1.165) is 11.1 Å². The first-order valence-corrected chi connectivity index (χ1v) is 11.5. The lowest BCUT2D eigenvalue weighted by Gasteiger charge is -2.18. The number of carbonyl (C=O) groups is 3. The predicted molar refractivity (Wildman–Crippen MR) is 124 cm³/mol. The molecule has 0 aromatic heterocycles. The molecule has 2 aliphatic carbocycles. The third-order valence-corrected chi connectivity index (χ3v) is 6.86. The highest BCUT2D eigenvalue weighted by Crippen LogP contribution is 2.45. The summed E-state index contributed by atoms with van der Waals surface area (Å²) < 4.78 is 5.55. The molecule has 7 nitrogen and oxygen atoms in total. The van der Waals surface area contributed by atoms with Crippen molar-refractivity contribution < 1.29 is 24.2 Å². The van der Waals surface area contributed by atoms with Crippen molar-refractivity contribution in [1.82, 2.24) is 10.6 Å². The zero-order valence-electron chi connectivity index (χ0n) is 18.8. The van der Waals surface area contributed by atoms with Crippen molar-refractivity contribution in [3.05, 3.63) is 59.7 Å². The van der Waals surface area contributed by atoms with Crippen LogP contribution in [0.1, 0.15) is 49.7 Å². The lowest BCUT2D eigenvalue weighted by molar-refractivity contribution is -0.143. The van der Waals surface area contributed by atoms with Crippen molar-refractivity contribution >= 4 is 18.0 Å². The van der Waals surface area contributed by atoms with Crippen LogP contribution in [0.4, 0.5) is 4.79 Å². The van der Waals surface area contributed by atoms with Gasteiger partial charge in [0.25, 0.3) is 0 Å². The number of hydrogen-bond donors (Lipinski definition) is 3. The molecule has 0 spiro atoms. The van der Waals surface area contributed by atoms with Gasteiger partial charge in [-0.1, -0.05) is 61.9 Å². The molecule has 1 unspecified atom stereocenters. The first-order valence-electron chi connectivity index (χ1n) is 11.5. The summed E-state index contributed by atoms with van der Waals surface area (Å²) in [6.45, 7) is 2.69. The van der Waals surface area contributed by atoms with Crippen molar-refractivity contribution in [3.63, 3.8) is 0 Å². The Hall–Kier alpha value is -3.35. The molecule has 2 aromatic carbocycles. The number of aliphatic carboxylic acids is 1. The quantitative estimate of drug-likeness (QED) is 0.509. The van der Waals surface area contributed by atoms with Gasteiger partial charge in [0.1, 0.15) is 6.61 Å². The summed E-state index contributed by atoms with van der Waals surface area (Å²) in [6.07, 6.45) is 1.64. The number of nitrogens with one attached hydrogen (secondary N) is 2. The Balaban J connectivity index is 1.24. The van der Waals surface area contributed by atoms with E-state index in [1.54, 1.807) is 0 Å². The van der Waals surface area contributed by atoms with Crippen LogP contribution in [0.5, 0.6) is 0 Å². The Labute approximate surface area is 193 Å². The van der Waals surface area contributed by atoms with Gasteiger partial charge in [0.2, 0.25) is 5.91 Å². The summed E-state index contributed by atoms with van der Waals surface area (Å²) in [4.78, 5) is 35.8. The summed E-state index contributed by atoms with van der Waals surface area (Å²) in [5.41, 5.74) is 3.88. The third kappa shape index (κ3) is 5.02. The number of rotatable bonds is 10. The number of carboxylic acids is 1. The first kappa shape index (κ1) is 22.8. The van der Waals surface area contributed by atoms with E-state index in [0.29, 0.717) is 25.8 Å². The maximum Gasteiger partial charge on any atom is 0.407 e. The molecule has 2 amide bonds. The van der Waals surface area contributed by atoms with Gasteiger partial charge in [-0.05, 0) is 41.0 Å². The Morgan fingerprint density at radius 2 is 1.64 bits per heavy atom. The van der Waals surface area contributed by atoms with Crippen LogP contribution in [0.15, 0.2) is 48.5 Å². The highest BCUT2D eigenvalue weighted by atomic mass is 16.5. The second-order valence-electron chi connectivity index (χ2n) is 9.05. The predicted octanol–water partition coefficient (Wildman–Crippen LogP) is 3.92. The Morgan fingerprint density at radius 1 is 1.03 bits per heavy atom. The SMILES string of the molecule is CCC(CNC(=O)OCC1c2ccccc2-c2ccccc21)CC(=O)NCC1(C(=O)O)CC1. The molecule has 2 aromatic rings. The Morgan fingerprint density at radius 3 is 2.18 bits per heavy atom. The minimum absolute atomic E-state index is 0.000111. The molecule has 1 saturated carbocycles. The van der Waals surface area contributed by atoms with Crippen LogP contribution in [0, 0.1) is 11.3 Å². The fraction of sp³-hybridized carbons (Fsp3) is 0.423. The molecule has 0 heterocycles. The molecule has 0 aliphatic heterocycles. The fourth-order valence-electron chi connectivity index (χ4n) is 4.46. The minimum atomic E-state index is -0.855. The largest absolute Gasteiger partial charge is 0.481 e. The van der Waals surface area contributed by atoms with Crippen molar-refractivity contribution in [2.45, 2.75) is 38.5 Å². The maximum atomic E-state index is 12.4. The van der Waals surface area contributed by atoms with Gasteiger partial charge in [-0.25, -0.2) is 4.79 Å². The minimum Gasteiger partial charge on any atom is -0.481 e. The Bertz CT molecular complexity index is 1000. The molecule has 33 heavy (non-hydrogen) atoms. The molecule has 7 heteroatoms. The molecule has 0 radical (unpaired) electrons. The Kier molecular flexibility index (Phi) is 6.67. The molecule has 4 rings (SSSR count). The number of alkyl carbamates (subject to hydrolysis) is 1. The van der Waals surface area contributed by atoms with Gasteiger partial charge in [-0.3, -0.25) is 9.59 Å². The van der Waals surface area contributed by atoms with Crippen LogP contribution in [0.2, 0.25) is 0 Å². The summed E-state index contributed by atoms with van der Waals surface area (Å²) in [6, 6.07) is 16.3. The molecule has 1 atom stereocenters. The van der Waals surface area contributed by atoms with Gasteiger partial charge >= 0.3 is 12.1 Å². The van der Waals surface area contributed by atoms with Gasteiger partial charge < -0.3 is 20.5 Å². The second-order valence-corrected chi connectivity index (χ2v) is 9.05. The average molecular weight is 451 g/mol. The lowest BCUT2D eigenvalue weighted by atomic mass is 9.98. The number of hydrogen-bond acceptors (Lipinski definition) is 4. The van der Waals surface area contributed by atoms with Gasteiger partial charge in [-0.15, -0.1) is 0 Å². The monoisotopic (exact) mass is 450 g/mol. The van der Waals surface area contributed by atoms with E-state index in [9.17, 15) is 19.5 Å². The number of fused-ring (bicyclic) bond motifs is 3. The van der Waals surface area contributed by atoms with Crippen LogP contribution in [0.25, 0.3) is 11.1 Å². The first-order chi connectivity index (χ1) is 15.9. The molecule has 2 aliphatic rings. The molecule has 3 N–H and O–H groups in total. The number of amides is 2. The highest BCUT2D eigenvalue weighted by Gasteiger charge is 2.50. The van der Waals surface area contributed by atoms with Crippen LogP contribution in [0.3, 0.4) is 0 Å². The van der Waals surface area contributed by atoms with Crippen LogP contribution in [-0.2, 0) is 14.3 Å². The van der Waals surface area contributed by atoms with E-state index in [-0.39, 0.29) is 37.3 Å². The van der Waals surface area contributed by atoms with E-state index in [4.69, 9.17) is 4.74 Å². The van der Waals surface area contributed by atoms with Crippen molar-refractivity contribution in [1.29, 1.82) is 0 Å². The summed E-state index contributed by atoms with van der Waals surface area (Å²) >= 11 is 0. The lowest BCUT2D eigenvalue weighted by Crippen LogP contribution is -2.37. The second kappa shape index (κ2) is 9.65. The van der Waals surface area contributed by atoms with Crippen molar-refractivity contribution in [3.8, 4) is 11.1 Å². The third-order valence-electron chi connectivity index (χ3n) is 6.86. The van der Waals surface area contributed by atoms with Gasteiger partial charge in [0.15, 0.2) is 0 Å². The zero-order chi connectivity index (χ0) is 23.4. The van der Waals surface area contributed by atoms with Crippen LogP contribution < -0.4 is 10.6 Å². The van der Waals surface area contributed by atoms with Gasteiger partial charge in [0, 0.05) is 25.4 Å². The van der Waals surface area contributed by atoms with E-state index in [1.807, 2.05) is 31.2 Å². The number of carboxylic acid groups (broad SMARTS) is 1. The topological polar surface area (TPSA) is 105 Å². The average Bonchev–Trinajstić information content (AvgIpc) is 3.56. The number of benzene rings is 2. The van der Waals surface area contributed by atoms with Gasteiger partial charge in [-0.2, -0.15) is 0 Å². The standard InChI is InChI=1S/C26H30N2O5/c1-2-17(13-23(29)28-16-26(11-12-26)24(30)31)14-27-25(32)33-15-22-20-9-5-3-7-18(20)19-8-4-6-10-21(19)22/h3-10,17,22H,2,11-16H2,1H3,(H,27,32)(H,28,29)(H,30,31). The summed E-state index contributed by atoms with van der Waals surface area (Å²) in [5, 5.41) is 14.7. The van der Waals surface area contributed by atoms with Crippen molar-refractivity contribution in [2.75, 3.05) is 19.7 Å². The molecule has 1 fully saturated rings. The molecule has 0 saturated heterocycles. The van der Waals surface area contributed by atoms with E-state index >= 15 is 0 Å². The molecular weight excluding hydrogens is 420 g/mol. The molecular formula is C26H30N2O5. The zero-order valence-corrected chi connectivity index (χ0v) is 18.8. The smallest absolute Gasteiger partial charge is 0.407 e. The normalized spacial score (nSPS) is 16.3. The number of carbonyl (C=O) groups excluding carboxylic acids is 2. The van der Waals surface area contributed by atoms with Gasteiger partial charge in [0.05, 0.1) is 5.41 Å². The van der Waals surface area contributed by atoms with Crippen LogP contribution in [-0.4, -0.2) is 42.8 Å².